The lowest BCUT2D eigenvalue weighted by Crippen LogP contribution is -2.32. The Morgan fingerprint density at radius 2 is 2.20 bits per heavy atom. The minimum Gasteiger partial charge on any atom is -0.376 e. The van der Waals surface area contributed by atoms with Crippen LogP contribution in [0.2, 0.25) is 5.02 Å². The zero-order valence-electron chi connectivity index (χ0n) is 14.4. The van der Waals surface area contributed by atoms with Gasteiger partial charge in [0.05, 0.1) is 16.8 Å². The van der Waals surface area contributed by atoms with Gasteiger partial charge in [-0.05, 0) is 56.0 Å². The molecule has 1 saturated heterocycles. The van der Waals surface area contributed by atoms with Gasteiger partial charge in [0.2, 0.25) is 0 Å². The maximum absolute atomic E-state index is 12.3. The lowest BCUT2D eigenvalue weighted by Gasteiger charge is -2.14. The lowest BCUT2D eigenvalue weighted by molar-refractivity contribution is 0.0854. The number of benzene rings is 1. The molecule has 5 nitrogen and oxygen atoms in total. The van der Waals surface area contributed by atoms with Gasteiger partial charge in [-0.25, -0.2) is 0 Å². The van der Waals surface area contributed by atoms with Crippen molar-refractivity contribution in [2.24, 2.45) is 0 Å². The summed E-state index contributed by atoms with van der Waals surface area (Å²) in [5.41, 5.74) is 4.13. The van der Waals surface area contributed by atoms with Gasteiger partial charge in [0.1, 0.15) is 5.69 Å². The standard InChI is InChI=1S/C19H22ClN3O2/c1-12-8-13(2)18(16(20)9-12)23-14-5-6-21-17(10-14)19(24)22-11-15-4-3-7-25-15/h5-6,8-10,15H,3-4,7,11H2,1-2H3,(H,21,23)(H,22,24). The summed E-state index contributed by atoms with van der Waals surface area (Å²) >= 11 is 6.34. The highest BCUT2D eigenvalue weighted by atomic mass is 35.5. The minimum atomic E-state index is -0.203. The van der Waals surface area contributed by atoms with Crippen LogP contribution in [0.4, 0.5) is 11.4 Å². The molecule has 3 rings (SSSR count). The lowest BCUT2D eigenvalue weighted by atomic mass is 10.1. The highest BCUT2D eigenvalue weighted by Crippen LogP contribution is 2.30. The fraction of sp³-hybridized carbons (Fsp3) is 0.368. The van der Waals surface area contributed by atoms with Crippen molar-refractivity contribution in [2.75, 3.05) is 18.5 Å². The molecule has 1 unspecified atom stereocenters. The van der Waals surface area contributed by atoms with Crippen LogP contribution >= 0.6 is 11.6 Å². The summed E-state index contributed by atoms with van der Waals surface area (Å²) in [6.45, 7) is 5.29. The number of rotatable bonds is 5. The number of nitrogens with one attached hydrogen (secondary N) is 2. The number of ether oxygens (including phenoxy) is 1. The number of nitrogens with zero attached hydrogens (tertiary/aromatic N) is 1. The van der Waals surface area contributed by atoms with E-state index in [4.69, 9.17) is 16.3 Å². The van der Waals surface area contributed by atoms with Gasteiger partial charge < -0.3 is 15.4 Å². The van der Waals surface area contributed by atoms with E-state index in [0.29, 0.717) is 17.3 Å². The third-order valence-electron chi connectivity index (χ3n) is 4.21. The Balaban J connectivity index is 1.70. The Bertz CT molecular complexity index is 750. The molecular formula is C19H22ClN3O2. The van der Waals surface area contributed by atoms with Gasteiger partial charge in [0.25, 0.3) is 5.91 Å². The number of halogens is 1. The van der Waals surface area contributed by atoms with Crippen LogP contribution < -0.4 is 10.6 Å². The van der Waals surface area contributed by atoms with Crippen molar-refractivity contribution in [1.29, 1.82) is 0 Å². The zero-order valence-corrected chi connectivity index (χ0v) is 15.2. The number of hydrogen-bond donors (Lipinski definition) is 2. The molecule has 1 aromatic carbocycles. The number of carbonyl (C=O) groups excluding carboxylic acids is 1. The summed E-state index contributed by atoms with van der Waals surface area (Å²) in [6.07, 6.45) is 3.76. The normalized spacial score (nSPS) is 16.7. The predicted molar refractivity (Wildman–Crippen MR) is 99.8 cm³/mol. The molecule has 6 heteroatoms. The van der Waals surface area contributed by atoms with Gasteiger partial charge in [0.15, 0.2) is 0 Å². The van der Waals surface area contributed by atoms with Crippen molar-refractivity contribution < 1.29 is 9.53 Å². The summed E-state index contributed by atoms with van der Waals surface area (Å²) < 4.78 is 5.52. The van der Waals surface area contributed by atoms with Crippen molar-refractivity contribution in [3.05, 3.63) is 52.3 Å². The van der Waals surface area contributed by atoms with Crippen LogP contribution in [0.25, 0.3) is 0 Å². The van der Waals surface area contributed by atoms with E-state index in [0.717, 1.165) is 42.0 Å². The molecule has 2 N–H and O–H groups in total. The minimum absolute atomic E-state index is 0.110. The van der Waals surface area contributed by atoms with Crippen LogP contribution in [-0.4, -0.2) is 30.1 Å². The summed E-state index contributed by atoms with van der Waals surface area (Å²) in [5.74, 6) is -0.203. The van der Waals surface area contributed by atoms with Gasteiger partial charge in [-0.1, -0.05) is 17.7 Å². The number of aromatic nitrogens is 1. The molecule has 2 aromatic rings. The molecule has 25 heavy (non-hydrogen) atoms. The molecule has 1 fully saturated rings. The van der Waals surface area contributed by atoms with Crippen molar-refractivity contribution in [1.82, 2.24) is 10.3 Å². The molecule has 1 aliphatic heterocycles. The van der Waals surface area contributed by atoms with Gasteiger partial charge in [-0.3, -0.25) is 9.78 Å². The fourth-order valence-corrected chi connectivity index (χ4v) is 3.32. The van der Waals surface area contributed by atoms with Crippen molar-refractivity contribution >= 4 is 28.9 Å². The van der Waals surface area contributed by atoms with E-state index in [-0.39, 0.29) is 12.0 Å². The Hall–Kier alpha value is -2.11. The van der Waals surface area contributed by atoms with Crippen molar-refractivity contribution in [3.8, 4) is 0 Å². The molecule has 1 aromatic heterocycles. The molecule has 0 spiro atoms. The number of carbonyl (C=O) groups is 1. The molecule has 1 amide bonds. The summed E-state index contributed by atoms with van der Waals surface area (Å²) in [5, 5.41) is 6.82. The molecule has 2 heterocycles. The van der Waals surface area contributed by atoms with Gasteiger partial charge in [-0.2, -0.15) is 0 Å². The number of pyridine rings is 1. The quantitative estimate of drug-likeness (QED) is 0.846. The second-order valence-electron chi connectivity index (χ2n) is 6.34. The van der Waals surface area contributed by atoms with Crippen molar-refractivity contribution in [3.63, 3.8) is 0 Å². The fourth-order valence-electron chi connectivity index (χ4n) is 2.95. The highest BCUT2D eigenvalue weighted by Gasteiger charge is 2.17. The number of anilines is 2. The first-order chi connectivity index (χ1) is 12.0. The maximum atomic E-state index is 12.3. The summed E-state index contributed by atoms with van der Waals surface area (Å²) in [6, 6.07) is 7.50. The number of amides is 1. The van der Waals surface area contributed by atoms with Crippen molar-refractivity contribution in [2.45, 2.75) is 32.8 Å². The average Bonchev–Trinajstić information content (AvgIpc) is 3.10. The van der Waals surface area contributed by atoms with Gasteiger partial charge in [-0.15, -0.1) is 0 Å². The Kier molecular flexibility index (Phi) is 5.56. The number of hydrogen-bond acceptors (Lipinski definition) is 4. The van der Waals surface area contributed by atoms with Crippen LogP contribution in [0.5, 0.6) is 0 Å². The predicted octanol–water partition coefficient (Wildman–Crippen LogP) is 4.00. The van der Waals surface area contributed by atoms with Gasteiger partial charge in [0, 0.05) is 25.0 Å². The first-order valence-electron chi connectivity index (χ1n) is 8.42. The van der Waals surface area contributed by atoms with E-state index in [2.05, 4.69) is 21.7 Å². The smallest absolute Gasteiger partial charge is 0.270 e. The third kappa shape index (κ3) is 4.50. The van der Waals surface area contributed by atoms with E-state index >= 15 is 0 Å². The maximum Gasteiger partial charge on any atom is 0.270 e. The molecule has 0 aliphatic carbocycles. The van der Waals surface area contributed by atoms with Gasteiger partial charge >= 0.3 is 0 Å². The summed E-state index contributed by atoms with van der Waals surface area (Å²) in [7, 11) is 0. The molecule has 0 bridgehead atoms. The van der Waals surface area contributed by atoms with E-state index in [1.165, 1.54) is 0 Å². The second kappa shape index (κ2) is 7.85. The zero-order chi connectivity index (χ0) is 17.8. The average molecular weight is 360 g/mol. The SMILES string of the molecule is Cc1cc(C)c(Nc2ccnc(C(=O)NCC3CCCO3)c2)c(Cl)c1. The van der Waals surface area contributed by atoms with E-state index in [1.807, 2.05) is 26.0 Å². The first-order valence-corrected chi connectivity index (χ1v) is 8.80. The number of aryl methyl sites for hydroxylation is 2. The van der Waals surface area contributed by atoms with E-state index in [9.17, 15) is 4.79 Å². The van der Waals surface area contributed by atoms with Crippen LogP contribution in [0, 0.1) is 13.8 Å². The Morgan fingerprint density at radius 3 is 2.92 bits per heavy atom. The van der Waals surface area contributed by atoms with Crippen LogP contribution in [0.15, 0.2) is 30.5 Å². The molecular weight excluding hydrogens is 338 g/mol. The van der Waals surface area contributed by atoms with E-state index < -0.39 is 0 Å². The summed E-state index contributed by atoms with van der Waals surface area (Å²) in [4.78, 5) is 16.5. The monoisotopic (exact) mass is 359 g/mol. The highest BCUT2D eigenvalue weighted by molar-refractivity contribution is 6.33. The molecule has 0 radical (unpaired) electrons. The Labute approximate surface area is 152 Å². The topological polar surface area (TPSA) is 63.2 Å². The third-order valence-corrected chi connectivity index (χ3v) is 4.51. The Morgan fingerprint density at radius 1 is 1.36 bits per heavy atom. The van der Waals surface area contributed by atoms with Crippen LogP contribution in [0.3, 0.4) is 0 Å². The largest absolute Gasteiger partial charge is 0.376 e. The van der Waals surface area contributed by atoms with Crippen LogP contribution in [-0.2, 0) is 4.74 Å². The first kappa shape index (κ1) is 17.7. The molecule has 1 aliphatic rings. The van der Waals surface area contributed by atoms with Crippen LogP contribution in [0.1, 0.15) is 34.5 Å². The molecule has 1 atom stereocenters. The second-order valence-corrected chi connectivity index (χ2v) is 6.75. The van der Waals surface area contributed by atoms with E-state index in [1.54, 1.807) is 12.3 Å². The molecule has 132 valence electrons. The molecule has 0 saturated carbocycles.